The van der Waals surface area contributed by atoms with E-state index in [-0.39, 0.29) is 17.2 Å². The maximum absolute atomic E-state index is 12.7. The quantitative estimate of drug-likeness (QED) is 0.641. The van der Waals surface area contributed by atoms with E-state index in [1.165, 1.54) is 26.4 Å². The summed E-state index contributed by atoms with van der Waals surface area (Å²) in [6, 6.07) is 2.90. The van der Waals surface area contributed by atoms with Crippen LogP contribution in [0.1, 0.15) is 58.3 Å². The number of esters is 1. The molecular weight excluding hydrogens is 376 g/mol. The van der Waals surface area contributed by atoms with Gasteiger partial charge in [-0.2, -0.15) is 0 Å². The molecule has 29 heavy (non-hydrogen) atoms. The Kier molecular flexibility index (Phi) is 8.05. The third-order valence-corrected chi connectivity index (χ3v) is 4.37. The monoisotopic (exact) mass is 408 g/mol. The second-order valence-corrected chi connectivity index (χ2v) is 8.32. The van der Waals surface area contributed by atoms with Gasteiger partial charge in [0.05, 0.1) is 25.5 Å². The number of nitrogens with one attached hydrogen (secondary N) is 2. The third kappa shape index (κ3) is 6.96. The summed E-state index contributed by atoms with van der Waals surface area (Å²) in [5.41, 5.74) is -0.816. The van der Waals surface area contributed by atoms with E-state index < -0.39 is 29.4 Å². The fourth-order valence-corrected chi connectivity index (χ4v) is 2.17. The summed E-state index contributed by atoms with van der Waals surface area (Å²) in [6.45, 7) is 10.5. The summed E-state index contributed by atoms with van der Waals surface area (Å²) < 4.78 is 15.6. The zero-order valence-electron chi connectivity index (χ0n) is 18.5. The minimum absolute atomic E-state index is 0.0581. The van der Waals surface area contributed by atoms with E-state index in [1.54, 1.807) is 20.8 Å². The SMILES string of the molecule is CCC(C)(C)NC(=O)COC(=O)c1cc(OC)c(OC)cc1NC(=O)C(C)(C)C. The van der Waals surface area contributed by atoms with E-state index in [2.05, 4.69) is 10.6 Å². The molecular formula is C21H32N2O6. The first kappa shape index (κ1) is 24.3. The maximum atomic E-state index is 12.7. The summed E-state index contributed by atoms with van der Waals surface area (Å²) in [6.07, 6.45) is 0.728. The Morgan fingerprint density at radius 2 is 1.52 bits per heavy atom. The molecule has 0 saturated carbocycles. The van der Waals surface area contributed by atoms with Crippen molar-refractivity contribution >= 4 is 23.5 Å². The van der Waals surface area contributed by atoms with Crippen LogP contribution >= 0.6 is 0 Å². The van der Waals surface area contributed by atoms with Gasteiger partial charge < -0.3 is 24.8 Å². The highest BCUT2D eigenvalue weighted by Gasteiger charge is 2.26. The zero-order chi connectivity index (χ0) is 22.4. The summed E-state index contributed by atoms with van der Waals surface area (Å²) in [5, 5.41) is 5.51. The van der Waals surface area contributed by atoms with Gasteiger partial charge in [0.25, 0.3) is 5.91 Å². The Morgan fingerprint density at radius 3 is 2.00 bits per heavy atom. The molecule has 2 N–H and O–H groups in total. The number of hydrogen-bond acceptors (Lipinski definition) is 6. The van der Waals surface area contributed by atoms with Gasteiger partial charge in [0.2, 0.25) is 5.91 Å². The van der Waals surface area contributed by atoms with Crippen molar-refractivity contribution in [1.29, 1.82) is 0 Å². The summed E-state index contributed by atoms with van der Waals surface area (Å²) in [4.78, 5) is 37.1. The first-order valence-electron chi connectivity index (χ1n) is 9.40. The van der Waals surface area contributed by atoms with E-state index in [0.717, 1.165) is 6.42 Å². The van der Waals surface area contributed by atoms with Gasteiger partial charge in [0.1, 0.15) is 0 Å². The molecule has 0 unspecified atom stereocenters. The molecule has 0 aromatic heterocycles. The fraction of sp³-hybridized carbons (Fsp3) is 0.571. The van der Waals surface area contributed by atoms with Crippen LogP contribution in [0.3, 0.4) is 0 Å². The molecule has 0 saturated heterocycles. The fourth-order valence-electron chi connectivity index (χ4n) is 2.17. The van der Waals surface area contributed by atoms with Crippen LogP contribution in [-0.2, 0) is 14.3 Å². The highest BCUT2D eigenvalue weighted by atomic mass is 16.5. The lowest BCUT2D eigenvalue weighted by Gasteiger charge is -2.24. The average Bonchev–Trinajstić information content (AvgIpc) is 2.64. The smallest absolute Gasteiger partial charge is 0.340 e. The molecule has 8 nitrogen and oxygen atoms in total. The van der Waals surface area contributed by atoms with Crippen molar-refractivity contribution in [3.05, 3.63) is 17.7 Å². The van der Waals surface area contributed by atoms with Gasteiger partial charge in [-0.25, -0.2) is 4.79 Å². The van der Waals surface area contributed by atoms with Crippen molar-refractivity contribution in [1.82, 2.24) is 5.32 Å². The number of carbonyl (C=O) groups excluding carboxylic acids is 3. The summed E-state index contributed by atoms with van der Waals surface area (Å²) in [7, 11) is 2.88. The van der Waals surface area contributed by atoms with Crippen molar-refractivity contribution in [2.24, 2.45) is 5.41 Å². The number of hydrogen-bond donors (Lipinski definition) is 2. The van der Waals surface area contributed by atoms with Gasteiger partial charge in [0.15, 0.2) is 18.1 Å². The van der Waals surface area contributed by atoms with Gasteiger partial charge >= 0.3 is 5.97 Å². The van der Waals surface area contributed by atoms with E-state index in [1.807, 2.05) is 20.8 Å². The number of rotatable bonds is 8. The first-order chi connectivity index (χ1) is 13.3. The number of amides is 2. The Morgan fingerprint density at radius 1 is 0.966 bits per heavy atom. The minimum Gasteiger partial charge on any atom is -0.493 e. The second-order valence-electron chi connectivity index (χ2n) is 8.32. The molecule has 8 heteroatoms. The van der Waals surface area contributed by atoms with Crippen LogP contribution in [0.5, 0.6) is 11.5 Å². The lowest BCUT2D eigenvalue weighted by Crippen LogP contribution is -2.44. The number of methoxy groups -OCH3 is 2. The van der Waals surface area contributed by atoms with Crippen LogP contribution in [0, 0.1) is 5.41 Å². The molecule has 0 spiro atoms. The largest absolute Gasteiger partial charge is 0.493 e. The average molecular weight is 408 g/mol. The van der Waals surface area contributed by atoms with Crippen LogP contribution in [0.15, 0.2) is 12.1 Å². The van der Waals surface area contributed by atoms with E-state index in [9.17, 15) is 14.4 Å². The first-order valence-corrected chi connectivity index (χ1v) is 9.40. The van der Waals surface area contributed by atoms with Crippen molar-refractivity contribution in [3.63, 3.8) is 0 Å². The summed E-state index contributed by atoms with van der Waals surface area (Å²) >= 11 is 0. The Hall–Kier alpha value is -2.77. The van der Waals surface area contributed by atoms with Crippen molar-refractivity contribution in [2.75, 3.05) is 26.1 Å². The topological polar surface area (TPSA) is 103 Å². The Balaban J connectivity index is 3.12. The van der Waals surface area contributed by atoms with E-state index >= 15 is 0 Å². The molecule has 1 rings (SSSR count). The molecule has 0 fully saturated rings. The molecule has 0 aliphatic heterocycles. The van der Waals surface area contributed by atoms with Gasteiger partial charge in [0, 0.05) is 23.1 Å². The molecule has 162 valence electrons. The molecule has 2 amide bonds. The number of ether oxygens (including phenoxy) is 3. The van der Waals surface area contributed by atoms with Crippen LogP contribution in [0.25, 0.3) is 0 Å². The summed E-state index contributed by atoms with van der Waals surface area (Å²) in [5.74, 6) is -0.827. The maximum Gasteiger partial charge on any atom is 0.340 e. The molecule has 0 aliphatic rings. The van der Waals surface area contributed by atoms with Crippen LogP contribution in [0.2, 0.25) is 0 Å². The minimum atomic E-state index is -0.764. The lowest BCUT2D eigenvalue weighted by molar-refractivity contribution is -0.126. The number of benzene rings is 1. The van der Waals surface area contributed by atoms with Gasteiger partial charge in [-0.3, -0.25) is 9.59 Å². The predicted molar refractivity (Wildman–Crippen MR) is 110 cm³/mol. The van der Waals surface area contributed by atoms with Gasteiger partial charge in [-0.05, 0) is 20.3 Å². The molecule has 0 heterocycles. The molecule has 1 aromatic carbocycles. The van der Waals surface area contributed by atoms with E-state index in [4.69, 9.17) is 14.2 Å². The third-order valence-electron chi connectivity index (χ3n) is 4.37. The van der Waals surface area contributed by atoms with Crippen molar-refractivity contribution < 1.29 is 28.6 Å². The zero-order valence-corrected chi connectivity index (χ0v) is 18.5. The van der Waals surface area contributed by atoms with E-state index in [0.29, 0.717) is 11.5 Å². The predicted octanol–water partition coefficient (Wildman–Crippen LogP) is 3.15. The normalized spacial score (nSPS) is 11.4. The molecule has 0 bridgehead atoms. The second kappa shape index (κ2) is 9.62. The van der Waals surface area contributed by atoms with Crippen LogP contribution < -0.4 is 20.1 Å². The molecule has 0 atom stereocenters. The number of anilines is 1. The number of carbonyl (C=O) groups is 3. The highest BCUT2D eigenvalue weighted by molar-refractivity contribution is 6.04. The Bertz CT molecular complexity index is 765. The molecule has 0 aliphatic carbocycles. The highest BCUT2D eigenvalue weighted by Crippen LogP contribution is 2.34. The van der Waals surface area contributed by atoms with Gasteiger partial charge in [-0.15, -0.1) is 0 Å². The van der Waals surface area contributed by atoms with Crippen molar-refractivity contribution in [2.45, 2.75) is 53.5 Å². The van der Waals surface area contributed by atoms with Gasteiger partial charge in [-0.1, -0.05) is 27.7 Å². The lowest BCUT2D eigenvalue weighted by atomic mass is 9.95. The molecule has 1 aromatic rings. The standard InChI is InChI=1S/C21H32N2O6/c1-9-21(5,6)23-17(24)12-29-18(25)13-10-15(27-7)16(28-8)11-14(13)22-19(26)20(2,3)4/h10-11H,9,12H2,1-8H3,(H,22,26)(H,23,24). The molecule has 0 radical (unpaired) electrons. The van der Waals surface area contributed by atoms with Crippen molar-refractivity contribution in [3.8, 4) is 11.5 Å². The van der Waals surface area contributed by atoms with Crippen LogP contribution in [-0.4, -0.2) is 44.1 Å². The van der Waals surface area contributed by atoms with Crippen LogP contribution in [0.4, 0.5) is 5.69 Å². The Labute approximate surface area is 172 Å².